The fourth-order valence-corrected chi connectivity index (χ4v) is 2.62. The highest BCUT2D eigenvalue weighted by molar-refractivity contribution is 5.28. The van der Waals surface area contributed by atoms with Crippen LogP contribution in [0.15, 0.2) is 24.3 Å². The number of β-amino-alcohol motifs (C(OH)–C–C–N with tert-alkyl or cyclic N) is 1. The number of aliphatic hydroxyl groups is 1. The Hall–Kier alpha value is -1.10. The van der Waals surface area contributed by atoms with Gasteiger partial charge in [0.2, 0.25) is 0 Å². The summed E-state index contributed by atoms with van der Waals surface area (Å²) in [5.41, 5.74) is 1.18. The highest BCUT2D eigenvalue weighted by atomic mass is 16.5. The highest BCUT2D eigenvalue weighted by Gasteiger charge is 2.15. The second kappa shape index (κ2) is 8.25. The van der Waals surface area contributed by atoms with Gasteiger partial charge >= 0.3 is 0 Å². The van der Waals surface area contributed by atoms with Crippen molar-refractivity contribution in [1.82, 2.24) is 10.2 Å². The molecule has 1 aliphatic rings. The van der Waals surface area contributed by atoms with Gasteiger partial charge in [-0.05, 0) is 50.6 Å². The van der Waals surface area contributed by atoms with E-state index >= 15 is 0 Å². The van der Waals surface area contributed by atoms with E-state index in [0.717, 1.165) is 31.9 Å². The Kier molecular flexibility index (Phi) is 6.30. The van der Waals surface area contributed by atoms with E-state index in [1.165, 1.54) is 18.4 Å². The molecular weight excluding hydrogens is 252 g/mol. The van der Waals surface area contributed by atoms with Crippen molar-refractivity contribution in [3.05, 3.63) is 29.8 Å². The predicted molar refractivity (Wildman–Crippen MR) is 81.0 cm³/mol. The number of aliphatic hydroxyl groups excluding tert-OH is 1. The molecule has 1 unspecified atom stereocenters. The minimum atomic E-state index is -0.289. The molecule has 1 aromatic rings. The molecule has 1 atom stereocenters. The monoisotopic (exact) mass is 278 g/mol. The SMILES string of the molecule is CCOc1cccc(CNCC(O)CN2CCCC2)c1. The standard InChI is InChI=1S/C16H26N2O2/c1-2-20-16-7-5-6-14(10-16)11-17-12-15(19)13-18-8-3-4-9-18/h5-7,10,15,17,19H,2-4,8-9,11-13H2,1H3. The van der Waals surface area contributed by atoms with Crippen LogP contribution in [-0.4, -0.2) is 48.9 Å². The van der Waals surface area contributed by atoms with Crippen LogP contribution in [0.2, 0.25) is 0 Å². The first kappa shape index (κ1) is 15.3. The summed E-state index contributed by atoms with van der Waals surface area (Å²) >= 11 is 0. The quantitative estimate of drug-likeness (QED) is 0.759. The number of benzene rings is 1. The zero-order valence-electron chi connectivity index (χ0n) is 12.3. The molecule has 0 bridgehead atoms. The lowest BCUT2D eigenvalue weighted by molar-refractivity contribution is 0.123. The number of nitrogens with one attached hydrogen (secondary N) is 1. The third kappa shape index (κ3) is 5.12. The number of hydrogen-bond donors (Lipinski definition) is 2. The van der Waals surface area contributed by atoms with Crippen LogP contribution in [0, 0.1) is 0 Å². The Labute approximate surface area is 121 Å². The molecule has 1 saturated heterocycles. The maximum absolute atomic E-state index is 10.00. The van der Waals surface area contributed by atoms with Crippen molar-refractivity contribution in [1.29, 1.82) is 0 Å². The summed E-state index contributed by atoms with van der Waals surface area (Å²) in [5.74, 6) is 0.907. The Bertz CT molecular complexity index is 392. The summed E-state index contributed by atoms with van der Waals surface area (Å²) in [4.78, 5) is 2.34. The smallest absolute Gasteiger partial charge is 0.119 e. The van der Waals surface area contributed by atoms with Gasteiger partial charge in [-0.1, -0.05) is 12.1 Å². The second-order valence-corrected chi connectivity index (χ2v) is 5.37. The Morgan fingerprint density at radius 1 is 1.35 bits per heavy atom. The van der Waals surface area contributed by atoms with Crippen LogP contribution < -0.4 is 10.1 Å². The molecular formula is C16H26N2O2. The Morgan fingerprint density at radius 3 is 2.90 bits per heavy atom. The maximum atomic E-state index is 10.00. The highest BCUT2D eigenvalue weighted by Crippen LogP contribution is 2.13. The van der Waals surface area contributed by atoms with Gasteiger partial charge in [-0.3, -0.25) is 0 Å². The van der Waals surface area contributed by atoms with Crippen LogP contribution in [-0.2, 0) is 6.54 Å². The van der Waals surface area contributed by atoms with Crippen molar-refractivity contribution in [3.63, 3.8) is 0 Å². The lowest BCUT2D eigenvalue weighted by atomic mass is 10.2. The van der Waals surface area contributed by atoms with E-state index in [0.29, 0.717) is 13.2 Å². The van der Waals surface area contributed by atoms with E-state index in [-0.39, 0.29) is 6.10 Å². The molecule has 1 heterocycles. The number of rotatable bonds is 8. The fraction of sp³-hybridized carbons (Fsp3) is 0.625. The van der Waals surface area contributed by atoms with Crippen LogP contribution in [0.4, 0.5) is 0 Å². The largest absolute Gasteiger partial charge is 0.494 e. The van der Waals surface area contributed by atoms with Gasteiger partial charge < -0.3 is 20.1 Å². The lowest BCUT2D eigenvalue weighted by Gasteiger charge is -2.19. The van der Waals surface area contributed by atoms with Crippen LogP contribution in [0.3, 0.4) is 0 Å². The van der Waals surface area contributed by atoms with Crippen LogP contribution in [0.5, 0.6) is 5.75 Å². The first-order chi connectivity index (χ1) is 9.78. The van der Waals surface area contributed by atoms with E-state index in [9.17, 15) is 5.11 Å². The van der Waals surface area contributed by atoms with E-state index in [1.807, 2.05) is 25.1 Å². The average molecular weight is 278 g/mol. The summed E-state index contributed by atoms with van der Waals surface area (Å²) in [6, 6.07) is 8.09. The molecule has 0 spiro atoms. The predicted octanol–water partition coefficient (Wildman–Crippen LogP) is 1.63. The number of likely N-dealkylation sites (tertiary alicyclic amines) is 1. The maximum Gasteiger partial charge on any atom is 0.119 e. The molecule has 112 valence electrons. The molecule has 2 N–H and O–H groups in total. The van der Waals surface area contributed by atoms with Gasteiger partial charge in [0, 0.05) is 19.6 Å². The minimum Gasteiger partial charge on any atom is -0.494 e. The molecule has 1 fully saturated rings. The van der Waals surface area contributed by atoms with E-state index in [1.54, 1.807) is 0 Å². The van der Waals surface area contributed by atoms with E-state index in [4.69, 9.17) is 4.74 Å². The van der Waals surface area contributed by atoms with Crippen LogP contribution >= 0.6 is 0 Å². The van der Waals surface area contributed by atoms with Crippen molar-refractivity contribution < 1.29 is 9.84 Å². The summed E-state index contributed by atoms with van der Waals surface area (Å²) < 4.78 is 5.48. The van der Waals surface area contributed by atoms with Crippen molar-refractivity contribution in [2.24, 2.45) is 0 Å². The van der Waals surface area contributed by atoms with Gasteiger partial charge in [0.15, 0.2) is 0 Å². The van der Waals surface area contributed by atoms with Crippen molar-refractivity contribution in [3.8, 4) is 5.75 Å². The first-order valence-corrected chi connectivity index (χ1v) is 7.61. The second-order valence-electron chi connectivity index (χ2n) is 5.37. The molecule has 1 aliphatic heterocycles. The molecule has 1 aromatic carbocycles. The lowest BCUT2D eigenvalue weighted by Crippen LogP contribution is -2.36. The summed E-state index contributed by atoms with van der Waals surface area (Å²) in [6.45, 7) is 7.12. The van der Waals surface area contributed by atoms with Gasteiger partial charge in [-0.15, -0.1) is 0 Å². The van der Waals surface area contributed by atoms with Crippen LogP contribution in [0.25, 0.3) is 0 Å². The summed E-state index contributed by atoms with van der Waals surface area (Å²) in [5, 5.41) is 13.3. The Balaban J connectivity index is 1.67. The van der Waals surface area contributed by atoms with Gasteiger partial charge in [-0.25, -0.2) is 0 Å². The molecule has 4 nitrogen and oxygen atoms in total. The third-order valence-electron chi connectivity index (χ3n) is 3.59. The van der Waals surface area contributed by atoms with Crippen molar-refractivity contribution >= 4 is 0 Å². The summed E-state index contributed by atoms with van der Waals surface area (Å²) in [7, 11) is 0. The van der Waals surface area contributed by atoms with Crippen molar-refractivity contribution in [2.45, 2.75) is 32.4 Å². The van der Waals surface area contributed by atoms with Crippen LogP contribution in [0.1, 0.15) is 25.3 Å². The molecule has 0 radical (unpaired) electrons. The molecule has 0 aromatic heterocycles. The number of ether oxygens (including phenoxy) is 1. The van der Waals surface area contributed by atoms with Crippen molar-refractivity contribution in [2.75, 3.05) is 32.8 Å². The molecule has 0 aliphatic carbocycles. The number of hydrogen-bond acceptors (Lipinski definition) is 4. The average Bonchev–Trinajstić information content (AvgIpc) is 2.92. The number of nitrogens with zero attached hydrogens (tertiary/aromatic N) is 1. The van der Waals surface area contributed by atoms with Gasteiger partial charge in [0.25, 0.3) is 0 Å². The molecule has 20 heavy (non-hydrogen) atoms. The topological polar surface area (TPSA) is 44.7 Å². The molecule has 0 amide bonds. The normalized spacial score (nSPS) is 17.3. The summed E-state index contributed by atoms with van der Waals surface area (Å²) in [6.07, 6.45) is 2.25. The molecule has 0 saturated carbocycles. The zero-order chi connectivity index (χ0) is 14.2. The fourth-order valence-electron chi connectivity index (χ4n) is 2.62. The minimum absolute atomic E-state index is 0.289. The first-order valence-electron chi connectivity index (χ1n) is 7.61. The van der Waals surface area contributed by atoms with E-state index in [2.05, 4.69) is 16.3 Å². The van der Waals surface area contributed by atoms with Gasteiger partial charge in [0.05, 0.1) is 12.7 Å². The molecule has 4 heteroatoms. The zero-order valence-corrected chi connectivity index (χ0v) is 12.3. The van der Waals surface area contributed by atoms with E-state index < -0.39 is 0 Å². The van der Waals surface area contributed by atoms with Gasteiger partial charge in [-0.2, -0.15) is 0 Å². The Morgan fingerprint density at radius 2 is 2.15 bits per heavy atom. The molecule has 2 rings (SSSR count). The third-order valence-corrected chi connectivity index (χ3v) is 3.59. The van der Waals surface area contributed by atoms with Gasteiger partial charge in [0.1, 0.15) is 5.75 Å².